The predicted molar refractivity (Wildman–Crippen MR) is 200 cm³/mol. The smallest absolute Gasteiger partial charge is 0.411 e. The number of carbonyl (C=O) groups is 4. The fourth-order valence-electron chi connectivity index (χ4n) is 4.66. The van der Waals surface area contributed by atoms with Gasteiger partial charge in [0.05, 0.1) is 0 Å². The van der Waals surface area contributed by atoms with Gasteiger partial charge in [-0.2, -0.15) is 0 Å². The Bertz CT molecular complexity index is 1800. The molecule has 0 aliphatic rings. The first-order valence-corrected chi connectivity index (χ1v) is 16.6. The van der Waals surface area contributed by atoms with Crippen molar-refractivity contribution in [1.82, 2.24) is 0 Å². The molecule has 4 rings (SSSR count). The number of rotatable bonds is 16. The number of esters is 2. The van der Waals surface area contributed by atoms with Crippen LogP contribution in [-0.4, -0.2) is 50.6 Å². The van der Waals surface area contributed by atoms with Crippen molar-refractivity contribution in [3.63, 3.8) is 0 Å². The van der Waals surface area contributed by atoms with Crippen LogP contribution >= 0.6 is 0 Å². The summed E-state index contributed by atoms with van der Waals surface area (Å²) in [6.07, 6.45) is -1.35. The molecule has 12 heteroatoms. The van der Waals surface area contributed by atoms with Gasteiger partial charge in [-0.05, 0) is 73.5 Å². The fourth-order valence-corrected chi connectivity index (χ4v) is 4.66. The van der Waals surface area contributed by atoms with Crippen LogP contribution in [0.1, 0.15) is 38.8 Å². The van der Waals surface area contributed by atoms with Crippen molar-refractivity contribution in [1.29, 1.82) is 0 Å². The second kappa shape index (κ2) is 18.6. The van der Waals surface area contributed by atoms with Gasteiger partial charge in [-0.3, -0.25) is 10.6 Å². The number of nitrogens with one attached hydrogen (secondary N) is 2. The first kappa shape index (κ1) is 39.2. The summed E-state index contributed by atoms with van der Waals surface area (Å²) in [5.74, 6) is 0.667. The SMILES string of the molecule is C=C(C)C(=O)Oc1cccc(NC(=O)OCCOc2ccc(C(C)(C)c3ccc(OCCOC(=O)Nc4cccc(OC(=O)C(=C)C)c4)cc3)cc2)c1. The third-order valence-electron chi connectivity index (χ3n) is 7.60. The number of anilines is 2. The maximum Gasteiger partial charge on any atom is 0.411 e. The van der Waals surface area contributed by atoms with Gasteiger partial charge in [0, 0.05) is 40.1 Å². The Labute approximate surface area is 308 Å². The Hall–Kier alpha value is -6.56. The van der Waals surface area contributed by atoms with E-state index in [9.17, 15) is 19.2 Å². The molecule has 0 aromatic heterocycles. The summed E-state index contributed by atoms with van der Waals surface area (Å²) < 4.78 is 32.3. The van der Waals surface area contributed by atoms with E-state index in [1.165, 1.54) is 12.1 Å². The molecule has 12 nitrogen and oxygen atoms in total. The molecule has 276 valence electrons. The Morgan fingerprint density at radius 3 is 1.28 bits per heavy atom. The molecular formula is C41H42N2O10. The summed E-state index contributed by atoms with van der Waals surface area (Å²) in [7, 11) is 0. The van der Waals surface area contributed by atoms with Crippen LogP contribution in [0.15, 0.2) is 121 Å². The van der Waals surface area contributed by atoms with Crippen LogP contribution in [0.25, 0.3) is 0 Å². The number of carbonyl (C=O) groups excluding carboxylic acids is 4. The lowest BCUT2D eigenvalue weighted by Gasteiger charge is -2.26. The number of benzene rings is 4. The van der Waals surface area contributed by atoms with Crippen molar-refractivity contribution in [2.75, 3.05) is 37.1 Å². The van der Waals surface area contributed by atoms with E-state index in [1.54, 1.807) is 50.2 Å². The van der Waals surface area contributed by atoms with Crippen LogP contribution in [0.4, 0.5) is 21.0 Å². The first-order chi connectivity index (χ1) is 25.3. The lowest BCUT2D eigenvalue weighted by atomic mass is 9.78. The summed E-state index contributed by atoms with van der Waals surface area (Å²) in [6, 6.07) is 28.1. The molecule has 2 N–H and O–H groups in total. The number of hydrogen-bond acceptors (Lipinski definition) is 10. The highest BCUT2D eigenvalue weighted by Gasteiger charge is 2.23. The number of hydrogen-bond donors (Lipinski definition) is 2. The molecule has 0 fully saturated rings. The predicted octanol–water partition coefficient (Wildman–Crippen LogP) is 8.23. The van der Waals surface area contributed by atoms with E-state index in [0.717, 1.165) is 11.1 Å². The molecule has 0 saturated carbocycles. The second-order valence-electron chi connectivity index (χ2n) is 12.3. The van der Waals surface area contributed by atoms with E-state index in [-0.39, 0.29) is 54.5 Å². The van der Waals surface area contributed by atoms with Gasteiger partial charge in [0.25, 0.3) is 0 Å². The van der Waals surface area contributed by atoms with Crippen molar-refractivity contribution in [3.8, 4) is 23.0 Å². The molecule has 0 aliphatic carbocycles. The highest BCUT2D eigenvalue weighted by molar-refractivity contribution is 5.90. The van der Waals surface area contributed by atoms with Crippen LogP contribution in [0.3, 0.4) is 0 Å². The first-order valence-electron chi connectivity index (χ1n) is 16.6. The third-order valence-corrected chi connectivity index (χ3v) is 7.60. The van der Waals surface area contributed by atoms with Crippen LogP contribution < -0.4 is 29.6 Å². The summed E-state index contributed by atoms with van der Waals surface area (Å²) in [5.41, 5.74) is 3.12. The van der Waals surface area contributed by atoms with Crippen molar-refractivity contribution < 1.29 is 47.6 Å². The minimum atomic E-state index is -0.675. The molecular weight excluding hydrogens is 680 g/mol. The highest BCUT2D eigenvalue weighted by Crippen LogP contribution is 2.33. The Kier molecular flexibility index (Phi) is 13.8. The average Bonchev–Trinajstić information content (AvgIpc) is 3.12. The zero-order chi connectivity index (χ0) is 38.4. The topological polar surface area (TPSA) is 148 Å². The molecule has 0 saturated heterocycles. The maximum atomic E-state index is 12.2. The zero-order valence-electron chi connectivity index (χ0n) is 30.1. The van der Waals surface area contributed by atoms with Crippen molar-refractivity contribution in [2.45, 2.75) is 33.1 Å². The summed E-state index contributed by atoms with van der Waals surface area (Å²) in [6.45, 7) is 14.7. The van der Waals surface area contributed by atoms with E-state index in [0.29, 0.717) is 22.9 Å². The fraction of sp³-hybridized carbons (Fsp3) is 0.220. The second-order valence-corrected chi connectivity index (χ2v) is 12.3. The molecule has 53 heavy (non-hydrogen) atoms. The number of ether oxygens (including phenoxy) is 6. The van der Waals surface area contributed by atoms with E-state index in [4.69, 9.17) is 28.4 Å². The van der Waals surface area contributed by atoms with E-state index >= 15 is 0 Å². The third kappa shape index (κ3) is 12.3. The summed E-state index contributed by atoms with van der Waals surface area (Å²) in [4.78, 5) is 47.9. The molecule has 0 atom stereocenters. The van der Waals surface area contributed by atoms with Gasteiger partial charge in [-0.15, -0.1) is 0 Å². The van der Waals surface area contributed by atoms with Gasteiger partial charge < -0.3 is 28.4 Å². The summed E-state index contributed by atoms with van der Waals surface area (Å²) in [5, 5.41) is 5.17. The highest BCUT2D eigenvalue weighted by atomic mass is 16.6. The lowest BCUT2D eigenvalue weighted by Crippen LogP contribution is -2.19. The van der Waals surface area contributed by atoms with Gasteiger partial charge in [-0.1, -0.05) is 63.4 Å². The van der Waals surface area contributed by atoms with Crippen molar-refractivity contribution in [3.05, 3.63) is 132 Å². The van der Waals surface area contributed by atoms with Gasteiger partial charge >= 0.3 is 24.1 Å². The molecule has 0 bridgehead atoms. The Balaban J connectivity index is 1.16. The molecule has 0 radical (unpaired) electrons. The molecule has 0 aliphatic heterocycles. The Morgan fingerprint density at radius 1 is 0.547 bits per heavy atom. The lowest BCUT2D eigenvalue weighted by molar-refractivity contribution is -0.130. The quantitative estimate of drug-likeness (QED) is 0.0502. The van der Waals surface area contributed by atoms with Crippen LogP contribution in [0.2, 0.25) is 0 Å². The van der Waals surface area contributed by atoms with E-state index in [1.807, 2.05) is 48.5 Å². The zero-order valence-corrected chi connectivity index (χ0v) is 30.1. The van der Waals surface area contributed by atoms with Crippen LogP contribution in [-0.2, 0) is 24.5 Å². The molecule has 0 heterocycles. The molecule has 4 aromatic rings. The monoisotopic (exact) mass is 722 g/mol. The Morgan fingerprint density at radius 2 is 0.925 bits per heavy atom. The van der Waals surface area contributed by atoms with Crippen LogP contribution in [0.5, 0.6) is 23.0 Å². The van der Waals surface area contributed by atoms with E-state index in [2.05, 4.69) is 37.6 Å². The molecule has 2 amide bonds. The minimum absolute atomic E-state index is 0.0159. The average molecular weight is 723 g/mol. The van der Waals surface area contributed by atoms with Crippen LogP contribution in [0, 0.1) is 0 Å². The number of amides is 2. The molecule has 0 spiro atoms. The maximum absolute atomic E-state index is 12.2. The van der Waals surface area contributed by atoms with Gasteiger partial charge in [0.15, 0.2) is 0 Å². The normalized spacial score (nSPS) is 10.6. The molecule has 0 unspecified atom stereocenters. The molecule has 4 aromatic carbocycles. The van der Waals surface area contributed by atoms with Gasteiger partial charge in [0.1, 0.15) is 49.4 Å². The van der Waals surface area contributed by atoms with Gasteiger partial charge in [0.2, 0.25) is 0 Å². The van der Waals surface area contributed by atoms with Gasteiger partial charge in [-0.25, -0.2) is 19.2 Å². The van der Waals surface area contributed by atoms with Crippen molar-refractivity contribution in [2.24, 2.45) is 0 Å². The summed E-state index contributed by atoms with van der Waals surface area (Å²) >= 11 is 0. The van der Waals surface area contributed by atoms with E-state index < -0.39 is 24.1 Å². The largest absolute Gasteiger partial charge is 0.490 e. The van der Waals surface area contributed by atoms with Crippen molar-refractivity contribution >= 4 is 35.5 Å². The standard InChI is InChI=1S/C41H42N2O10/c1-27(2)37(44)52-35-11-7-9-31(25-35)42-39(46)50-23-21-48-33-17-13-29(14-18-33)41(5,6)30-15-19-34(20-16-30)49-22-24-51-40(47)43-32-10-8-12-36(26-32)53-38(45)28(3)4/h7-20,25-26H,1,3,21-24H2,2,4-6H3,(H,42,46)(H,43,47). The minimum Gasteiger partial charge on any atom is -0.490 e.